The Balaban J connectivity index is 2.38. The molecule has 0 atom stereocenters. The van der Waals surface area contributed by atoms with Gasteiger partial charge in [-0.2, -0.15) is 0 Å². The Labute approximate surface area is 114 Å². The molecule has 19 heavy (non-hydrogen) atoms. The monoisotopic (exact) mass is 271 g/mol. The molecule has 0 unspecified atom stereocenters. The van der Waals surface area contributed by atoms with E-state index >= 15 is 0 Å². The maximum atomic E-state index is 11.7. The third-order valence-electron chi connectivity index (χ3n) is 3.01. The van der Waals surface area contributed by atoms with Crippen LogP contribution in [-0.4, -0.2) is 18.1 Å². The van der Waals surface area contributed by atoms with Crippen LogP contribution in [0.25, 0.3) is 21.8 Å². The van der Waals surface area contributed by atoms with Gasteiger partial charge in [0.15, 0.2) is 0 Å². The standard InChI is InChI=1S/C15H10ClNO2/c1-19-15(18)12-4-2-3-9-7-10-8-11(16)5-6-13(10)17-14(9)12/h2-8H,1H3. The Bertz CT molecular complexity index is 799. The number of aromatic nitrogens is 1. The largest absolute Gasteiger partial charge is 0.465 e. The molecule has 0 saturated carbocycles. The lowest BCUT2D eigenvalue weighted by Crippen LogP contribution is -2.02. The molecule has 0 aliphatic heterocycles. The minimum atomic E-state index is -0.383. The molecule has 0 saturated heterocycles. The molecule has 1 heterocycles. The minimum Gasteiger partial charge on any atom is -0.465 e. The van der Waals surface area contributed by atoms with Gasteiger partial charge in [0.1, 0.15) is 0 Å². The average molecular weight is 272 g/mol. The summed E-state index contributed by atoms with van der Waals surface area (Å²) in [5.74, 6) is -0.383. The van der Waals surface area contributed by atoms with Gasteiger partial charge in [-0.05, 0) is 30.3 Å². The molecule has 4 heteroatoms. The topological polar surface area (TPSA) is 39.2 Å². The van der Waals surface area contributed by atoms with Crippen LogP contribution in [-0.2, 0) is 4.74 Å². The van der Waals surface area contributed by atoms with E-state index in [9.17, 15) is 4.79 Å². The summed E-state index contributed by atoms with van der Waals surface area (Å²) >= 11 is 5.97. The third-order valence-corrected chi connectivity index (χ3v) is 3.24. The molecule has 0 N–H and O–H groups in total. The number of methoxy groups -OCH3 is 1. The van der Waals surface area contributed by atoms with Crippen molar-refractivity contribution in [3.8, 4) is 0 Å². The van der Waals surface area contributed by atoms with Crippen LogP contribution >= 0.6 is 11.6 Å². The lowest BCUT2D eigenvalue weighted by Gasteiger charge is -2.06. The summed E-state index contributed by atoms with van der Waals surface area (Å²) in [6, 6.07) is 12.9. The van der Waals surface area contributed by atoms with Crippen molar-refractivity contribution < 1.29 is 9.53 Å². The van der Waals surface area contributed by atoms with Gasteiger partial charge in [-0.1, -0.05) is 23.7 Å². The zero-order valence-corrected chi connectivity index (χ0v) is 10.9. The molecule has 0 fully saturated rings. The van der Waals surface area contributed by atoms with Crippen LogP contribution in [0.1, 0.15) is 10.4 Å². The molecule has 0 radical (unpaired) electrons. The summed E-state index contributed by atoms with van der Waals surface area (Å²) < 4.78 is 4.78. The lowest BCUT2D eigenvalue weighted by molar-refractivity contribution is 0.0603. The van der Waals surface area contributed by atoms with Crippen molar-refractivity contribution in [2.24, 2.45) is 0 Å². The van der Waals surface area contributed by atoms with Gasteiger partial charge in [0, 0.05) is 15.8 Å². The summed E-state index contributed by atoms with van der Waals surface area (Å²) in [7, 11) is 1.36. The van der Waals surface area contributed by atoms with Gasteiger partial charge in [-0.15, -0.1) is 0 Å². The van der Waals surface area contributed by atoms with Crippen LogP contribution < -0.4 is 0 Å². The van der Waals surface area contributed by atoms with E-state index < -0.39 is 0 Å². The molecule has 1 aromatic heterocycles. The molecule has 0 bridgehead atoms. The maximum absolute atomic E-state index is 11.7. The fourth-order valence-electron chi connectivity index (χ4n) is 2.11. The second-order valence-corrected chi connectivity index (χ2v) is 4.63. The SMILES string of the molecule is COC(=O)c1cccc2cc3cc(Cl)ccc3nc12. The molecule has 3 nitrogen and oxygen atoms in total. The highest BCUT2D eigenvalue weighted by molar-refractivity contribution is 6.31. The highest BCUT2D eigenvalue weighted by atomic mass is 35.5. The number of rotatable bonds is 1. The number of halogens is 1. The number of carbonyl (C=O) groups excluding carboxylic acids is 1. The normalized spacial score (nSPS) is 10.8. The molecule has 2 aromatic carbocycles. The quantitative estimate of drug-likeness (QED) is 0.499. The summed E-state index contributed by atoms with van der Waals surface area (Å²) in [6.45, 7) is 0. The highest BCUT2D eigenvalue weighted by Gasteiger charge is 2.12. The molecular weight excluding hydrogens is 262 g/mol. The average Bonchev–Trinajstić information content (AvgIpc) is 2.43. The Morgan fingerprint density at radius 2 is 2.00 bits per heavy atom. The zero-order chi connectivity index (χ0) is 13.4. The summed E-state index contributed by atoms with van der Waals surface area (Å²) in [4.78, 5) is 16.3. The summed E-state index contributed by atoms with van der Waals surface area (Å²) in [5, 5.41) is 2.50. The second-order valence-electron chi connectivity index (χ2n) is 4.19. The Morgan fingerprint density at radius 1 is 1.16 bits per heavy atom. The Kier molecular flexibility index (Phi) is 2.84. The van der Waals surface area contributed by atoms with Crippen LogP contribution in [0.5, 0.6) is 0 Å². The van der Waals surface area contributed by atoms with Crippen LogP contribution in [0.15, 0.2) is 42.5 Å². The van der Waals surface area contributed by atoms with E-state index in [1.807, 2.05) is 30.3 Å². The van der Waals surface area contributed by atoms with E-state index in [1.165, 1.54) is 7.11 Å². The molecular formula is C15H10ClNO2. The predicted octanol–water partition coefficient (Wildman–Crippen LogP) is 3.83. The first-order valence-electron chi connectivity index (χ1n) is 5.76. The van der Waals surface area contributed by atoms with E-state index in [2.05, 4.69) is 4.98 Å². The van der Waals surface area contributed by atoms with Crippen LogP contribution in [0.3, 0.4) is 0 Å². The van der Waals surface area contributed by atoms with E-state index in [4.69, 9.17) is 16.3 Å². The molecule has 3 aromatic rings. The molecule has 0 aliphatic carbocycles. The van der Waals surface area contributed by atoms with Crippen molar-refractivity contribution in [3.05, 3.63) is 53.1 Å². The highest BCUT2D eigenvalue weighted by Crippen LogP contribution is 2.24. The predicted molar refractivity (Wildman–Crippen MR) is 75.6 cm³/mol. The van der Waals surface area contributed by atoms with Gasteiger partial charge >= 0.3 is 5.97 Å². The molecule has 0 aliphatic rings. The van der Waals surface area contributed by atoms with Crippen LogP contribution in [0, 0.1) is 0 Å². The smallest absolute Gasteiger partial charge is 0.340 e. The van der Waals surface area contributed by atoms with Crippen LogP contribution in [0.4, 0.5) is 0 Å². The molecule has 94 valence electrons. The number of para-hydroxylation sites is 1. The van der Waals surface area contributed by atoms with Gasteiger partial charge < -0.3 is 4.74 Å². The number of hydrogen-bond donors (Lipinski definition) is 0. The van der Waals surface area contributed by atoms with Crippen LogP contribution in [0.2, 0.25) is 5.02 Å². The van der Waals surface area contributed by atoms with Crippen molar-refractivity contribution in [1.82, 2.24) is 4.98 Å². The lowest BCUT2D eigenvalue weighted by atomic mass is 10.1. The number of pyridine rings is 1. The van der Waals surface area contributed by atoms with E-state index in [1.54, 1.807) is 12.1 Å². The minimum absolute atomic E-state index is 0.383. The Hall–Kier alpha value is -2.13. The first-order valence-corrected chi connectivity index (χ1v) is 6.14. The zero-order valence-electron chi connectivity index (χ0n) is 10.2. The number of fused-ring (bicyclic) bond motifs is 2. The molecule has 0 spiro atoms. The third kappa shape index (κ3) is 2.02. The fourth-order valence-corrected chi connectivity index (χ4v) is 2.29. The van der Waals surface area contributed by atoms with E-state index in [0.29, 0.717) is 16.1 Å². The van der Waals surface area contributed by atoms with Gasteiger partial charge in [0.25, 0.3) is 0 Å². The van der Waals surface area contributed by atoms with Crippen molar-refractivity contribution in [1.29, 1.82) is 0 Å². The van der Waals surface area contributed by atoms with Crippen molar-refractivity contribution in [2.75, 3.05) is 7.11 Å². The number of carbonyl (C=O) groups is 1. The summed E-state index contributed by atoms with van der Waals surface area (Å²) in [5.41, 5.74) is 1.91. The van der Waals surface area contributed by atoms with Gasteiger partial charge in [0.2, 0.25) is 0 Å². The first-order chi connectivity index (χ1) is 9.19. The number of ether oxygens (including phenoxy) is 1. The second kappa shape index (κ2) is 4.52. The van der Waals surface area contributed by atoms with Crippen molar-refractivity contribution in [2.45, 2.75) is 0 Å². The van der Waals surface area contributed by atoms with Gasteiger partial charge in [-0.25, -0.2) is 9.78 Å². The number of benzene rings is 2. The van der Waals surface area contributed by atoms with Crippen molar-refractivity contribution in [3.63, 3.8) is 0 Å². The van der Waals surface area contributed by atoms with Gasteiger partial charge in [0.05, 0.1) is 23.7 Å². The van der Waals surface area contributed by atoms with Gasteiger partial charge in [-0.3, -0.25) is 0 Å². The number of hydrogen-bond acceptors (Lipinski definition) is 3. The first kappa shape index (κ1) is 11.9. The Morgan fingerprint density at radius 3 is 2.79 bits per heavy atom. The maximum Gasteiger partial charge on any atom is 0.340 e. The molecule has 3 rings (SSSR count). The van der Waals surface area contributed by atoms with E-state index in [0.717, 1.165) is 16.3 Å². The van der Waals surface area contributed by atoms with E-state index in [-0.39, 0.29) is 5.97 Å². The fraction of sp³-hybridized carbons (Fsp3) is 0.0667. The molecule has 0 amide bonds. The summed E-state index contributed by atoms with van der Waals surface area (Å²) in [6.07, 6.45) is 0. The number of esters is 1. The number of nitrogens with zero attached hydrogens (tertiary/aromatic N) is 1. The van der Waals surface area contributed by atoms with Crippen molar-refractivity contribution >= 4 is 39.4 Å².